The lowest BCUT2D eigenvalue weighted by atomic mass is 9.69. The minimum Gasteiger partial charge on any atom is -0.481 e. The van der Waals surface area contributed by atoms with Gasteiger partial charge in [-0.15, -0.1) is 0 Å². The van der Waals surface area contributed by atoms with Gasteiger partial charge in [0.15, 0.2) is 0 Å². The maximum Gasteiger partial charge on any atom is 0.407 e. The Hall–Kier alpha value is -3.39. The van der Waals surface area contributed by atoms with E-state index in [2.05, 4.69) is 22.8 Å². The molecule has 0 saturated heterocycles. The fraction of sp³-hybridized carbons (Fsp3) is 0.423. The van der Waals surface area contributed by atoms with E-state index in [1.807, 2.05) is 36.4 Å². The monoisotopic (exact) mass is 466 g/mol. The van der Waals surface area contributed by atoms with Crippen LogP contribution in [0.2, 0.25) is 0 Å². The van der Waals surface area contributed by atoms with Gasteiger partial charge < -0.3 is 25.2 Å². The van der Waals surface area contributed by atoms with E-state index in [0.717, 1.165) is 28.7 Å². The normalized spacial score (nSPS) is 17.5. The molecular weight excluding hydrogens is 436 g/mol. The van der Waals surface area contributed by atoms with Crippen molar-refractivity contribution in [1.82, 2.24) is 10.6 Å². The van der Waals surface area contributed by atoms with E-state index in [-0.39, 0.29) is 19.1 Å². The molecule has 2 aliphatic carbocycles. The Morgan fingerprint density at radius 3 is 2.15 bits per heavy atom. The molecule has 0 spiro atoms. The van der Waals surface area contributed by atoms with Crippen LogP contribution in [-0.4, -0.2) is 55.5 Å². The smallest absolute Gasteiger partial charge is 0.407 e. The van der Waals surface area contributed by atoms with Gasteiger partial charge in [0.25, 0.3) is 0 Å². The third-order valence-electron chi connectivity index (χ3n) is 7.11. The fourth-order valence-electron chi connectivity index (χ4n) is 4.74. The maximum atomic E-state index is 12.8. The van der Waals surface area contributed by atoms with E-state index in [0.29, 0.717) is 12.8 Å². The molecule has 0 aromatic heterocycles. The van der Waals surface area contributed by atoms with Gasteiger partial charge in [0.05, 0.1) is 11.5 Å². The average Bonchev–Trinajstić information content (AvgIpc) is 3.13. The number of ether oxygens (including phenoxy) is 2. The summed E-state index contributed by atoms with van der Waals surface area (Å²) < 4.78 is 10.8. The molecule has 0 bridgehead atoms. The standard InChI is InChI=1S/C26H30N2O6/c1-16(33-2)22(23(29)27-15-26(24(30)31)12-7-13-26)28-25(32)34-14-21-19-10-5-3-8-17(19)18-9-4-6-11-20(18)21/h3-6,8-11,16,21-22H,7,12-15H2,1-2H3,(H,27,29)(H,28,32)(H,30,31)/t16-,22+/m1/s1. The lowest BCUT2D eigenvalue weighted by molar-refractivity contribution is -0.154. The van der Waals surface area contributed by atoms with Crippen molar-refractivity contribution in [3.63, 3.8) is 0 Å². The molecule has 1 saturated carbocycles. The van der Waals surface area contributed by atoms with Crippen LogP contribution in [0.3, 0.4) is 0 Å². The molecular formula is C26H30N2O6. The number of amides is 2. The molecule has 8 nitrogen and oxygen atoms in total. The number of carbonyl (C=O) groups is 3. The third kappa shape index (κ3) is 4.50. The molecule has 8 heteroatoms. The van der Waals surface area contributed by atoms with Crippen LogP contribution < -0.4 is 10.6 Å². The van der Waals surface area contributed by atoms with Crippen LogP contribution in [-0.2, 0) is 19.1 Å². The number of carbonyl (C=O) groups excluding carboxylic acids is 2. The van der Waals surface area contributed by atoms with Gasteiger partial charge in [-0.2, -0.15) is 0 Å². The van der Waals surface area contributed by atoms with Crippen molar-refractivity contribution < 1.29 is 29.0 Å². The summed E-state index contributed by atoms with van der Waals surface area (Å²) in [6.07, 6.45) is 0.489. The first-order valence-corrected chi connectivity index (χ1v) is 11.5. The van der Waals surface area contributed by atoms with Gasteiger partial charge in [0.1, 0.15) is 12.6 Å². The van der Waals surface area contributed by atoms with E-state index in [9.17, 15) is 19.5 Å². The second-order valence-electron chi connectivity index (χ2n) is 9.05. The van der Waals surface area contributed by atoms with Gasteiger partial charge in [-0.1, -0.05) is 55.0 Å². The summed E-state index contributed by atoms with van der Waals surface area (Å²) in [6.45, 7) is 1.79. The van der Waals surface area contributed by atoms with Gasteiger partial charge >= 0.3 is 12.1 Å². The molecule has 0 unspecified atom stereocenters. The predicted octanol–water partition coefficient (Wildman–Crippen LogP) is 3.30. The minimum absolute atomic E-state index is 0.0144. The molecule has 2 atom stereocenters. The van der Waals surface area contributed by atoms with Gasteiger partial charge in [0, 0.05) is 19.6 Å². The Labute approximate surface area is 198 Å². The second-order valence-corrected chi connectivity index (χ2v) is 9.05. The van der Waals surface area contributed by atoms with Crippen molar-refractivity contribution in [2.75, 3.05) is 20.3 Å². The average molecular weight is 467 g/mol. The number of hydrogen-bond acceptors (Lipinski definition) is 5. The van der Waals surface area contributed by atoms with Crippen molar-refractivity contribution in [2.24, 2.45) is 5.41 Å². The first kappa shape index (κ1) is 23.8. The quantitative estimate of drug-likeness (QED) is 0.523. The number of rotatable bonds is 9. The largest absolute Gasteiger partial charge is 0.481 e. The zero-order chi connectivity index (χ0) is 24.3. The van der Waals surface area contributed by atoms with Gasteiger partial charge in [-0.05, 0) is 42.0 Å². The number of alkyl carbamates (subject to hydrolysis) is 1. The molecule has 180 valence electrons. The van der Waals surface area contributed by atoms with Crippen molar-refractivity contribution in [3.05, 3.63) is 59.7 Å². The van der Waals surface area contributed by atoms with E-state index in [1.165, 1.54) is 7.11 Å². The summed E-state index contributed by atoms with van der Waals surface area (Å²) in [4.78, 5) is 37.1. The van der Waals surface area contributed by atoms with Gasteiger partial charge in [-0.25, -0.2) is 4.79 Å². The van der Waals surface area contributed by atoms with Crippen molar-refractivity contribution >= 4 is 18.0 Å². The zero-order valence-corrected chi connectivity index (χ0v) is 19.4. The summed E-state index contributed by atoms with van der Waals surface area (Å²) in [5.41, 5.74) is 3.51. The Kier molecular flexibility index (Phi) is 6.88. The third-order valence-corrected chi connectivity index (χ3v) is 7.11. The molecule has 0 radical (unpaired) electrons. The number of hydrogen-bond donors (Lipinski definition) is 3. The summed E-state index contributed by atoms with van der Waals surface area (Å²) in [7, 11) is 1.44. The maximum absolute atomic E-state index is 12.8. The van der Waals surface area contributed by atoms with Crippen molar-refractivity contribution in [2.45, 2.75) is 44.2 Å². The molecule has 0 aliphatic heterocycles. The minimum atomic E-state index is -1.02. The van der Waals surface area contributed by atoms with Crippen molar-refractivity contribution in [3.8, 4) is 11.1 Å². The molecule has 2 amide bonds. The highest BCUT2D eigenvalue weighted by Crippen LogP contribution is 2.44. The zero-order valence-electron chi connectivity index (χ0n) is 19.4. The Morgan fingerprint density at radius 1 is 1.06 bits per heavy atom. The van der Waals surface area contributed by atoms with Crippen LogP contribution in [0.25, 0.3) is 11.1 Å². The predicted molar refractivity (Wildman–Crippen MR) is 125 cm³/mol. The van der Waals surface area contributed by atoms with Gasteiger partial charge in [0.2, 0.25) is 5.91 Å². The lowest BCUT2D eigenvalue weighted by Crippen LogP contribution is -2.56. The van der Waals surface area contributed by atoms with Crippen molar-refractivity contribution in [1.29, 1.82) is 0 Å². The Balaban J connectivity index is 1.39. The number of carboxylic acid groups (broad SMARTS) is 1. The summed E-state index contributed by atoms with van der Waals surface area (Å²) in [5, 5.41) is 14.8. The van der Waals surface area contributed by atoms with Crippen LogP contribution in [0.1, 0.15) is 43.2 Å². The first-order valence-electron chi connectivity index (χ1n) is 11.5. The SMILES string of the molecule is CO[C@H](C)[C@H](NC(=O)OCC1c2ccccc2-c2ccccc21)C(=O)NCC1(C(=O)O)CCC1. The van der Waals surface area contributed by atoms with E-state index in [1.54, 1.807) is 6.92 Å². The molecule has 1 fully saturated rings. The number of benzene rings is 2. The van der Waals surface area contributed by atoms with Gasteiger partial charge in [-0.3, -0.25) is 9.59 Å². The highest BCUT2D eigenvalue weighted by molar-refractivity contribution is 5.87. The lowest BCUT2D eigenvalue weighted by Gasteiger charge is -2.38. The number of aliphatic carboxylic acids is 1. The van der Waals surface area contributed by atoms with E-state index in [4.69, 9.17) is 9.47 Å². The Bertz CT molecular complexity index is 1030. The molecule has 2 aromatic rings. The molecule has 2 aromatic carbocycles. The van der Waals surface area contributed by atoms with Crippen LogP contribution in [0, 0.1) is 5.41 Å². The topological polar surface area (TPSA) is 114 Å². The summed E-state index contributed by atoms with van der Waals surface area (Å²) in [6, 6.07) is 15.0. The number of nitrogens with one attached hydrogen (secondary N) is 2. The molecule has 34 heavy (non-hydrogen) atoms. The second kappa shape index (κ2) is 9.85. The van der Waals surface area contributed by atoms with E-state index >= 15 is 0 Å². The van der Waals surface area contributed by atoms with Crippen LogP contribution in [0.4, 0.5) is 4.79 Å². The van der Waals surface area contributed by atoms with E-state index < -0.39 is 35.5 Å². The van der Waals surface area contributed by atoms with Crippen LogP contribution in [0.15, 0.2) is 48.5 Å². The number of carboxylic acids is 1. The summed E-state index contributed by atoms with van der Waals surface area (Å²) in [5.74, 6) is -1.52. The highest BCUT2D eigenvalue weighted by atomic mass is 16.5. The molecule has 2 aliphatic rings. The molecule has 3 N–H and O–H groups in total. The molecule has 0 heterocycles. The summed E-state index contributed by atoms with van der Waals surface area (Å²) >= 11 is 0. The van der Waals surface area contributed by atoms with Crippen LogP contribution >= 0.6 is 0 Å². The first-order chi connectivity index (χ1) is 16.4. The molecule has 4 rings (SSSR count). The number of methoxy groups -OCH3 is 1. The fourth-order valence-corrected chi connectivity index (χ4v) is 4.74. The highest BCUT2D eigenvalue weighted by Gasteiger charge is 2.45. The Morgan fingerprint density at radius 2 is 1.65 bits per heavy atom. The van der Waals surface area contributed by atoms with Crippen LogP contribution in [0.5, 0.6) is 0 Å². The number of fused-ring (bicyclic) bond motifs is 3.